The van der Waals surface area contributed by atoms with Crippen LogP contribution in [0.2, 0.25) is 0 Å². The fourth-order valence-corrected chi connectivity index (χ4v) is 2.45. The zero-order valence-electron chi connectivity index (χ0n) is 9.85. The van der Waals surface area contributed by atoms with Crippen LogP contribution >= 0.6 is 0 Å². The molecule has 0 spiro atoms. The van der Waals surface area contributed by atoms with E-state index in [-0.39, 0.29) is 5.60 Å². The topological polar surface area (TPSA) is 12.5 Å². The first-order chi connectivity index (χ1) is 7.37. The third-order valence-electron chi connectivity index (χ3n) is 3.54. The molecule has 0 aromatic carbocycles. The van der Waals surface area contributed by atoms with Gasteiger partial charge in [0.1, 0.15) is 0 Å². The SMILES string of the molecule is CCCCC#CC12CCCCCCC1O2. The summed E-state index contributed by atoms with van der Waals surface area (Å²) in [5.74, 6) is 6.71. The van der Waals surface area contributed by atoms with E-state index in [2.05, 4.69) is 18.8 Å². The van der Waals surface area contributed by atoms with Gasteiger partial charge in [0.2, 0.25) is 0 Å². The Morgan fingerprint density at radius 1 is 1.27 bits per heavy atom. The molecule has 2 atom stereocenters. The largest absolute Gasteiger partial charge is 0.352 e. The summed E-state index contributed by atoms with van der Waals surface area (Å²) in [5, 5.41) is 0. The third kappa shape index (κ3) is 2.75. The molecule has 0 radical (unpaired) electrons. The van der Waals surface area contributed by atoms with Crippen LogP contribution in [-0.2, 0) is 4.74 Å². The highest BCUT2D eigenvalue weighted by atomic mass is 16.6. The number of hydrogen-bond acceptors (Lipinski definition) is 1. The molecule has 1 nitrogen and oxygen atoms in total. The number of epoxide rings is 1. The Morgan fingerprint density at radius 2 is 2.13 bits per heavy atom. The minimum absolute atomic E-state index is 0.00810. The van der Waals surface area contributed by atoms with Crippen molar-refractivity contribution in [3.63, 3.8) is 0 Å². The molecule has 15 heavy (non-hydrogen) atoms. The minimum atomic E-state index is 0.00810. The molecule has 1 saturated carbocycles. The quantitative estimate of drug-likeness (QED) is 0.381. The number of unbranched alkanes of at least 4 members (excludes halogenated alkanes) is 2. The van der Waals surface area contributed by atoms with Gasteiger partial charge in [-0.25, -0.2) is 0 Å². The summed E-state index contributed by atoms with van der Waals surface area (Å²) in [6.45, 7) is 2.21. The lowest BCUT2D eigenvalue weighted by atomic mass is 9.91. The Kier molecular flexibility index (Phi) is 3.70. The first-order valence-corrected chi connectivity index (χ1v) is 6.55. The molecule has 0 N–H and O–H groups in total. The minimum Gasteiger partial charge on any atom is -0.352 e. The summed E-state index contributed by atoms with van der Waals surface area (Å²) in [7, 11) is 0. The van der Waals surface area contributed by atoms with E-state index in [9.17, 15) is 0 Å². The smallest absolute Gasteiger partial charge is 0.155 e. The van der Waals surface area contributed by atoms with E-state index in [1.54, 1.807) is 0 Å². The summed E-state index contributed by atoms with van der Waals surface area (Å²) >= 11 is 0. The van der Waals surface area contributed by atoms with Gasteiger partial charge >= 0.3 is 0 Å². The zero-order chi connectivity index (χ0) is 10.6. The normalized spacial score (nSPS) is 34.3. The van der Waals surface area contributed by atoms with E-state index in [1.165, 1.54) is 51.4 Å². The highest BCUT2D eigenvalue weighted by Crippen LogP contribution is 2.45. The van der Waals surface area contributed by atoms with E-state index >= 15 is 0 Å². The third-order valence-corrected chi connectivity index (χ3v) is 3.54. The van der Waals surface area contributed by atoms with Crippen molar-refractivity contribution < 1.29 is 4.74 Å². The van der Waals surface area contributed by atoms with Crippen LogP contribution in [0.3, 0.4) is 0 Å². The Balaban J connectivity index is 1.85. The molecule has 1 heterocycles. The fraction of sp³-hybridized carbons (Fsp3) is 0.857. The molecule has 1 heteroatoms. The lowest BCUT2D eigenvalue weighted by Crippen LogP contribution is -2.14. The second-order valence-electron chi connectivity index (χ2n) is 4.85. The van der Waals surface area contributed by atoms with E-state index in [1.807, 2.05) is 0 Å². The molecule has 0 aromatic heterocycles. The van der Waals surface area contributed by atoms with Crippen molar-refractivity contribution in [1.82, 2.24) is 0 Å². The van der Waals surface area contributed by atoms with Crippen molar-refractivity contribution in [2.75, 3.05) is 0 Å². The van der Waals surface area contributed by atoms with Crippen LogP contribution in [0.25, 0.3) is 0 Å². The number of hydrogen-bond donors (Lipinski definition) is 0. The Labute approximate surface area is 93.6 Å². The molecule has 84 valence electrons. The molecule has 1 aliphatic carbocycles. The molecule has 0 amide bonds. The highest BCUT2D eigenvalue weighted by molar-refractivity contribution is 5.25. The highest BCUT2D eigenvalue weighted by Gasteiger charge is 2.54. The zero-order valence-corrected chi connectivity index (χ0v) is 9.85. The molecular weight excluding hydrogens is 184 g/mol. The molecule has 1 aliphatic heterocycles. The average Bonchev–Trinajstić information content (AvgIpc) is 2.87. The van der Waals surface area contributed by atoms with Gasteiger partial charge in [0.25, 0.3) is 0 Å². The Hall–Kier alpha value is -0.480. The van der Waals surface area contributed by atoms with Gasteiger partial charge in [-0.15, -0.1) is 5.92 Å². The van der Waals surface area contributed by atoms with Crippen molar-refractivity contribution in [3.05, 3.63) is 0 Å². The van der Waals surface area contributed by atoms with Crippen molar-refractivity contribution in [2.45, 2.75) is 76.4 Å². The van der Waals surface area contributed by atoms with Crippen LogP contribution in [0, 0.1) is 11.8 Å². The van der Waals surface area contributed by atoms with Crippen LogP contribution in [0.1, 0.15) is 64.7 Å². The van der Waals surface area contributed by atoms with Crippen LogP contribution < -0.4 is 0 Å². The lowest BCUT2D eigenvalue weighted by molar-refractivity contribution is 0.322. The maximum atomic E-state index is 5.83. The van der Waals surface area contributed by atoms with Gasteiger partial charge in [0.15, 0.2) is 5.60 Å². The molecule has 2 fully saturated rings. The fourth-order valence-electron chi connectivity index (χ4n) is 2.45. The number of ether oxygens (including phenoxy) is 1. The summed E-state index contributed by atoms with van der Waals surface area (Å²) in [5.41, 5.74) is 0.00810. The van der Waals surface area contributed by atoms with Crippen LogP contribution in [0.5, 0.6) is 0 Å². The summed E-state index contributed by atoms with van der Waals surface area (Å²) < 4.78 is 5.83. The predicted molar refractivity (Wildman–Crippen MR) is 62.6 cm³/mol. The van der Waals surface area contributed by atoms with Gasteiger partial charge in [-0.1, -0.05) is 38.5 Å². The molecule has 0 aromatic rings. The van der Waals surface area contributed by atoms with Gasteiger partial charge < -0.3 is 4.74 Å². The van der Waals surface area contributed by atoms with Crippen molar-refractivity contribution >= 4 is 0 Å². The Morgan fingerprint density at radius 3 is 3.00 bits per heavy atom. The summed E-state index contributed by atoms with van der Waals surface area (Å²) in [6, 6.07) is 0. The van der Waals surface area contributed by atoms with Crippen molar-refractivity contribution in [2.24, 2.45) is 0 Å². The Bertz CT molecular complexity index is 260. The predicted octanol–water partition coefficient (Wildman–Crippen LogP) is 3.67. The van der Waals surface area contributed by atoms with E-state index < -0.39 is 0 Å². The lowest BCUT2D eigenvalue weighted by Gasteiger charge is -2.09. The maximum absolute atomic E-state index is 5.83. The van der Waals surface area contributed by atoms with Gasteiger partial charge in [0.05, 0.1) is 6.10 Å². The van der Waals surface area contributed by atoms with Crippen LogP contribution in [0.4, 0.5) is 0 Å². The second kappa shape index (κ2) is 5.03. The monoisotopic (exact) mass is 206 g/mol. The molecule has 1 saturated heterocycles. The molecule has 2 unspecified atom stereocenters. The van der Waals surface area contributed by atoms with Crippen molar-refractivity contribution in [1.29, 1.82) is 0 Å². The van der Waals surface area contributed by atoms with Gasteiger partial charge in [0, 0.05) is 6.42 Å². The summed E-state index contributed by atoms with van der Waals surface area (Å²) in [4.78, 5) is 0. The second-order valence-corrected chi connectivity index (χ2v) is 4.85. The van der Waals surface area contributed by atoms with E-state index in [0.717, 1.165) is 6.42 Å². The number of rotatable bonds is 2. The summed E-state index contributed by atoms with van der Waals surface area (Å²) in [6.07, 6.45) is 11.8. The number of fused-ring (bicyclic) bond motifs is 1. The molecule has 2 aliphatic rings. The van der Waals surface area contributed by atoms with Gasteiger partial charge in [-0.3, -0.25) is 0 Å². The molecule has 2 rings (SSSR count). The standard InChI is InChI=1S/C14H22O/c1-2-3-4-8-11-14-12-9-6-5-7-10-13(14)15-14/h13H,2-7,9-10,12H2,1H3. The van der Waals surface area contributed by atoms with Crippen molar-refractivity contribution in [3.8, 4) is 11.8 Å². The first-order valence-electron chi connectivity index (χ1n) is 6.55. The van der Waals surface area contributed by atoms with Crippen LogP contribution in [0.15, 0.2) is 0 Å². The van der Waals surface area contributed by atoms with Gasteiger partial charge in [-0.05, 0) is 25.7 Å². The average molecular weight is 206 g/mol. The first kappa shape index (κ1) is 11.0. The molecular formula is C14H22O. The van der Waals surface area contributed by atoms with Crippen LogP contribution in [-0.4, -0.2) is 11.7 Å². The maximum Gasteiger partial charge on any atom is 0.155 e. The van der Waals surface area contributed by atoms with E-state index in [4.69, 9.17) is 4.74 Å². The van der Waals surface area contributed by atoms with E-state index in [0.29, 0.717) is 6.10 Å². The van der Waals surface area contributed by atoms with Gasteiger partial charge in [-0.2, -0.15) is 0 Å². The molecule has 0 bridgehead atoms.